The van der Waals surface area contributed by atoms with E-state index in [4.69, 9.17) is 16.7 Å². The van der Waals surface area contributed by atoms with Crippen molar-refractivity contribution in [1.82, 2.24) is 10.3 Å². The highest BCUT2D eigenvalue weighted by atomic mass is 35.5. The average molecular weight is 287 g/mol. The van der Waals surface area contributed by atoms with E-state index in [0.29, 0.717) is 17.1 Å². The molecule has 0 saturated heterocycles. The summed E-state index contributed by atoms with van der Waals surface area (Å²) in [5, 5.41) is 12.1. The monoisotopic (exact) mass is 286 g/mol. The zero-order chi connectivity index (χ0) is 14.4. The molecule has 0 bridgehead atoms. The lowest BCUT2D eigenvalue weighted by atomic mass is 10.0. The van der Waals surface area contributed by atoms with E-state index in [2.05, 4.69) is 10.3 Å². The highest BCUT2D eigenvalue weighted by Crippen LogP contribution is 2.11. The molecular weight excluding hydrogens is 268 g/mol. The minimum Gasteiger partial charge on any atom is -0.481 e. The van der Waals surface area contributed by atoms with E-state index in [1.54, 1.807) is 19.2 Å². The fourth-order valence-corrected chi connectivity index (χ4v) is 1.89. The molecule has 1 heterocycles. The van der Waals surface area contributed by atoms with Crippen LogP contribution < -0.4 is 5.32 Å². The topological polar surface area (TPSA) is 82.2 Å². The van der Waals surface area contributed by atoms with Gasteiger partial charge in [-0.05, 0) is 25.8 Å². The van der Waals surface area contributed by atoms with Crippen molar-refractivity contribution in [2.45, 2.75) is 39.2 Å². The summed E-state index contributed by atoms with van der Waals surface area (Å²) >= 11 is 5.72. The molecule has 0 aliphatic heterocycles. The molecule has 2 unspecified atom stereocenters. The molecule has 0 aliphatic carbocycles. The third-order valence-corrected chi connectivity index (χ3v) is 3.18. The largest absolute Gasteiger partial charge is 0.481 e. The summed E-state index contributed by atoms with van der Waals surface area (Å²) in [6.07, 6.45) is 3.68. The van der Waals surface area contributed by atoms with Gasteiger partial charge in [0, 0.05) is 12.2 Å². The number of hydrogen-bond donors (Lipinski definition) is 3. The molecule has 0 aliphatic rings. The van der Waals surface area contributed by atoms with Crippen LogP contribution in [0.15, 0.2) is 12.3 Å². The molecule has 1 rings (SSSR count). The maximum Gasteiger partial charge on any atom is 0.306 e. The van der Waals surface area contributed by atoms with Gasteiger partial charge in [-0.1, -0.05) is 24.9 Å². The minimum atomic E-state index is -0.780. The van der Waals surface area contributed by atoms with E-state index >= 15 is 0 Å². The van der Waals surface area contributed by atoms with Crippen LogP contribution in [-0.2, 0) is 4.79 Å². The number of carbonyl (C=O) groups is 2. The third kappa shape index (κ3) is 5.34. The molecule has 0 saturated carbocycles. The van der Waals surface area contributed by atoms with Gasteiger partial charge in [-0.25, -0.2) is 0 Å². The minimum absolute atomic E-state index is 0.00410. The smallest absolute Gasteiger partial charge is 0.306 e. The van der Waals surface area contributed by atoms with Gasteiger partial charge in [0.1, 0.15) is 5.69 Å². The Labute approximate surface area is 117 Å². The quantitative estimate of drug-likeness (QED) is 0.721. The highest BCUT2D eigenvalue weighted by molar-refractivity contribution is 6.30. The number of rotatable bonds is 7. The van der Waals surface area contributed by atoms with Crippen molar-refractivity contribution in [1.29, 1.82) is 0 Å². The zero-order valence-corrected chi connectivity index (χ0v) is 11.8. The Kier molecular flexibility index (Phi) is 5.89. The molecule has 0 aromatic carbocycles. The number of carbonyl (C=O) groups excluding carboxylic acids is 1. The van der Waals surface area contributed by atoms with Gasteiger partial charge in [0.05, 0.1) is 10.9 Å². The molecule has 1 amide bonds. The van der Waals surface area contributed by atoms with Crippen molar-refractivity contribution < 1.29 is 14.7 Å². The number of aromatic nitrogens is 1. The average Bonchev–Trinajstić information content (AvgIpc) is 2.75. The maximum absolute atomic E-state index is 11.8. The van der Waals surface area contributed by atoms with Crippen molar-refractivity contribution in [2.75, 3.05) is 0 Å². The predicted molar refractivity (Wildman–Crippen MR) is 73.4 cm³/mol. The molecule has 0 spiro atoms. The standard InChI is InChI=1S/C13H19ClN2O3/c1-8(13(18)19)4-3-5-9(2)16-12(17)11-6-10(14)7-15-11/h6-9,15H,3-5H2,1-2H3,(H,16,17)(H,18,19). The Morgan fingerprint density at radius 3 is 2.63 bits per heavy atom. The van der Waals surface area contributed by atoms with Gasteiger partial charge in [-0.2, -0.15) is 0 Å². The molecule has 1 aromatic rings. The normalized spacial score (nSPS) is 13.8. The van der Waals surface area contributed by atoms with Crippen LogP contribution in [0.3, 0.4) is 0 Å². The van der Waals surface area contributed by atoms with Gasteiger partial charge in [0.2, 0.25) is 0 Å². The van der Waals surface area contributed by atoms with Gasteiger partial charge < -0.3 is 15.4 Å². The lowest BCUT2D eigenvalue weighted by molar-refractivity contribution is -0.141. The van der Waals surface area contributed by atoms with Gasteiger partial charge in [0.25, 0.3) is 5.91 Å². The Morgan fingerprint density at radius 2 is 2.11 bits per heavy atom. The molecule has 19 heavy (non-hydrogen) atoms. The molecule has 106 valence electrons. The first-order valence-electron chi connectivity index (χ1n) is 6.27. The molecule has 5 nitrogen and oxygen atoms in total. The summed E-state index contributed by atoms with van der Waals surface area (Å²) in [6, 6.07) is 1.56. The van der Waals surface area contributed by atoms with E-state index in [0.717, 1.165) is 12.8 Å². The number of nitrogens with one attached hydrogen (secondary N) is 2. The first kappa shape index (κ1) is 15.6. The molecule has 0 radical (unpaired) electrons. The zero-order valence-electron chi connectivity index (χ0n) is 11.1. The van der Waals surface area contributed by atoms with Crippen LogP contribution in [0.2, 0.25) is 5.02 Å². The molecule has 0 fully saturated rings. The molecule has 1 aromatic heterocycles. The van der Waals surface area contributed by atoms with Crippen molar-refractivity contribution in [3.8, 4) is 0 Å². The second kappa shape index (κ2) is 7.19. The predicted octanol–water partition coefficient (Wildman–Crippen LogP) is 2.68. The number of aromatic amines is 1. The van der Waals surface area contributed by atoms with Crippen LogP contribution in [0, 0.1) is 5.92 Å². The van der Waals surface area contributed by atoms with Crippen molar-refractivity contribution in [3.05, 3.63) is 23.0 Å². The second-order valence-corrected chi connectivity index (χ2v) is 5.21. The number of carboxylic acids is 1. The van der Waals surface area contributed by atoms with Crippen molar-refractivity contribution in [2.24, 2.45) is 5.92 Å². The van der Waals surface area contributed by atoms with Crippen LogP contribution in [0.5, 0.6) is 0 Å². The van der Waals surface area contributed by atoms with Crippen LogP contribution >= 0.6 is 11.6 Å². The van der Waals surface area contributed by atoms with Crippen molar-refractivity contribution >= 4 is 23.5 Å². The summed E-state index contributed by atoms with van der Waals surface area (Å²) in [7, 11) is 0. The van der Waals surface area contributed by atoms with Crippen LogP contribution in [0.1, 0.15) is 43.6 Å². The van der Waals surface area contributed by atoms with E-state index in [1.807, 2.05) is 6.92 Å². The fourth-order valence-electron chi connectivity index (χ4n) is 1.73. The SMILES string of the molecule is CC(CCCC(C)C(=O)O)NC(=O)c1cc(Cl)c[nH]1. The number of hydrogen-bond acceptors (Lipinski definition) is 2. The molecular formula is C13H19ClN2O3. The number of amides is 1. The highest BCUT2D eigenvalue weighted by Gasteiger charge is 2.13. The van der Waals surface area contributed by atoms with Crippen LogP contribution in [0.25, 0.3) is 0 Å². The lowest BCUT2D eigenvalue weighted by Gasteiger charge is -2.14. The maximum atomic E-state index is 11.8. The molecule has 6 heteroatoms. The number of carboxylic acid groups (broad SMARTS) is 1. The Bertz CT molecular complexity index is 445. The van der Waals surface area contributed by atoms with Gasteiger partial charge in [-0.3, -0.25) is 9.59 Å². The van der Waals surface area contributed by atoms with E-state index in [-0.39, 0.29) is 17.9 Å². The molecule has 3 N–H and O–H groups in total. The van der Waals surface area contributed by atoms with Gasteiger partial charge >= 0.3 is 5.97 Å². The van der Waals surface area contributed by atoms with Crippen LogP contribution in [0.4, 0.5) is 0 Å². The Morgan fingerprint density at radius 1 is 1.42 bits per heavy atom. The third-order valence-electron chi connectivity index (χ3n) is 2.97. The second-order valence-electron chi connectivity index (χ2n) is 4.78. The summed E-state index contributed by atoms with van der Waals surface area (Å²) in [5.74, 6) is -1.33. The number of aliphatic carboxylic acids is 1. The van der Waals surface area contributed by atoms with Crippen LogP contribution in [-0.4, -0.2) is 28.0 Å². The Balaban J connectivity index is 2.29. The Hall–Kier alpha value is -1.49. The number of halogens is 1. The van der Waals surface area contributed by atoms with Crippen molar-refractivity contribution in [3.63, 3.8) is 0 Å². The summed E-state index contributed by atoms with van der Waals surface area (Å²) in [5.41, 5.74) is 0.427. The lowest BCUT2D eigenvalue weighted by Crippen LogP contribution is -2.32. The van der Waals surface area contributed by atoms with Gasteiger partial charge in [0.15, 0.2) is 0 Å². The summed E-state index contributed by atoms with van der Waals surface area (Å²) < 4.78 is 0. The number of H-pyrrole nitrogens is 1. The van der Waals surface area contributed by atoms with E-state index in [9.17, 15) is 9.59 Å². The van der Waals surface area contributed by atoms with E-state index in [1.165, 1.54) is 0 Å². The summed E-state index contributed by atoms with van der Waals surface area (Å²) in [4.78, 5) is 25.2. The first-order valence-corrected chi connectivity index (χ1v) is 6.65. The summed E-state index contributed by atoms with van der Waals surface area (Å²) in [6.45, 7) is 3.58. The first-order chi connectivity index (χ1) is 8.90. The fraction of sp³-hybridized carbons (Fsp3) is 0.538. The van der Waals surface area contributed by atoms with Gasteiger partial charge in [-0.15, -0.1) is 0 Å². The van der Waals surface area contributed by atoms with E-state index < -0.39 is 5.97 Å². The molecule has 2 atom stereocenters.